The zero-order valence-corrected chi connectivity index (χ0v) is 11.5. The Kier molecular flexibility index (Phi) is 6.60. The van der Waals surface area contributed by atoms with Crippen LogP contribution < -0.4 is 5.32 Å². The van der Waals surface area contributed by atoms with E-state index in [0.717, 1.165) is 5.69 Å². The van der Waals surface area contributed by atoms with E-state index in [0.29, 0.717) is 13.2 Å². The number of aliphatic hydroxyl groups excluding tert-OH is 1. The fourth-order valence-corrected chi connectivity index (χ4v) is 1.84. The number of nitrogens with one attached hydrogen (secondary N) is 1. The molecule has 0 bridgehead atoms. The first kappa shape index (κ1) is 14.9. The second-order valence-electron chi connectivity index (χ2n) is 3.77. The van der Waals surface area contributed by atoms with Gasteiger partial charge in [-0.05, 0) is 37.4 Å². The normalized spacial score (nSPS) is 11.9. The van der Waals surface area contributed by atoms with Gasteiger partial charge in [-0.3, -0.25) is 4.79 Å². The predicted octanol–water partition coefficient (Wildman–Crippen LogP) is 2.13. The molecule has 0 heterocycles. The largest absolute Gasteiger partial charge is 0.466 e. The van der Waals surface area contributed by atoms with Crippen molar-refractivity contribution >= 4 is 23.4 Å². The van der Waals surface area contributed by atoms with Crippen molar-refractivity contribution in [1.29, 1.82) is 0 Å². The third-order valence-corrected chi connectivity index (χ3v) is 3.08. The first-order valence-corrected chi connectivity index (χ1v) is 7.09. The van der Waals surface area contributed by atoms with Gasteiger partial charge in [0.05, 0.1) is 19.1 Å². The van der Waals surface area contributed by atoms with Crippen molar-refractivity contribution in [2.75, 3.05) is 24.7 Å². The standard InChI is InChI=1S/C13H19NO3S/c1-3-17-13(16)8-11(15)9-14-10-4-6-12(18-2)7-5-10/h4-7,11,14-15H,3,8-9H2,1-2H3. The summed E-state index contributed by atoms with van der Waals surface area (Å²) in [5.41, 5.74) is 0.927. The van der Waals surface area contributed by atoms with Crippen LogP contribution in [0.3, 0.4) is 0 Å². The molecule has 0 aromatic heterocycles. The average molecular weight is 269 g/mol. The summed E-state index contributed by atoms with van der Waals surface area (Å²) < 4.78 is 4.77. The number of anilines is 1. The van der Waals surface area contributed by atoms with Crippen LogP contribution in [-0.4, -0.2) is 36.6 Å². The molecule has 2 N–H and O–H groups in total. The predicted molar refractivity (Wildman–Crippen MR) is 74.0 cm³/mol. The molecule has 0 amide bonds. The Labute approximate surface area is 112 Å². The highest BCUT2D eigenvalue weighted by molar-refractivity contribution is 7.98. The van der Waals surface area contributed by atoms with Crippen LogP contribution in [0.4, 0.5) is 5.69 Å². The molecule has 1 aromatic rings. The summed E-state index contributed by atoms with van der Waals surface area (Å²) >= 11 is 1.68. The number of benzene rings is 1. The van der Waals surface area contributed by atoms with Crippen LogP contribution in [0.5, 0.6) is 0 Å². The highest BCUT2D eigenvalue weighted by Gasteiger charge is 2.11. The molecule has 0 saturated heterocycles. The fourth-order valence-electron chi connectivity index (χ4n) is 1.43. The molecule has 0 aliphatic heterocycles. The molecule has 1 rings (SSSR count). The molecule has 0 radical (unpaired) electrons. The first-order valence-electron chi connectivity index (χ1n) is 5.87. The van der Waals surface area contributed by atoms with Crippen LogP contribution in [0.2, 0.25) is 0 Å². The lowest BCUT2D eigenvalue weighted by Gasteiger charge is -2.12. The van der Waals surface area contributed by atoms with E-state index < -0.39 is 6.10 Å². The van der Waals surface area contributed by atoms with Gasteiger partial charge in [0.1, 0.15) is 0 Å². The zero-order chi connectivity index (χ0) is 13.4. The Morgan fingerprint density at radius 3 is 2.67 bits per heavy atom. The van der Waals surface area contributed by atoms with Crippen molar-refractivity contribution in [2.45, 2.75) is 24.3 Å². The third kappa shape index (κ3) is 5.42. The highest BCUT2D eigenvalue weighted by Crippen LogP contribution is 2.17. The minimum atomic E-state index is -0.732. The van der Waals surface area contributed by atoms with Crippen molar-refractivity contribution in [1.82, 2.24) is 0 Å². The first-order chi connectivity index (χ1) is 8.65. The SMILES string of the molecule is CCOC(=O)CC(O)CNc1ccc(SC)cc1. The fraction of sp³-hybridized carbons (Fsp3) is 0.462. The lowest BCUT2D eigenvalue weighted by molar-refractivity contribution is -0.145. The molecule has 0 aliphatic carbocycles. The van der Waals surface area contributed by atoms with Crippen LogP contribution >= 0.6 is 11.8 Å². The summed E-state index contributed by atoms with van der Waals surface area (Å²) in [7, 11) is 0. The van der Waals surface area contributed by atoms with E-state index in [9.17, 15) is 9.90 Å². The monoisotopic (exact) mass is 269 g/mol. The van der Waals surface area contributed by atoms with Gasteiger partial charge in [-0.15, -0.1) is 11.8 Å². The van der Waals surface area contributed by atoms with E-state index >= 15 is 0 Å². The molecule has 1 unspecified atom stereocenters. The number of carbonyl (C=O) groups excluding carboxylic acids is 1. The molecule has 1 atom stereocenters. The summed E-state index contributed by atoms with van der Waals surface area (Å²) in [6, 6.07) is 7.90. The molecule has 1 aromatic carbocycles. The number of thioether (sulfide) groups is 1. The molecular formula is C13H19NO3S. The van der Waals surface area contributed by atoms with Gasteiger partial charge in [0.2, 0.25) is 0 Å². The Bertz CT molecular complexity index is 367. The van der Waals surface area contributed by atoms with E-state index in [-0.39, 0.29) is 12.4 Å². The second kappa shape index (κ2) is 8.00. The molecule has 18 heavy (non-hydrogen) atoms. The number of carbonyl (C=O) groups is 1. The van der Waals surface area contributed by atoms with E-state index in [1.807, 2.05) is 30.5 Å². The summed E-state index contributed by atoms with van der Waals surface area (Å²) in [5.74, 6) is -0.371. The van der Waals surface area contributed by atoms with Gasteiger partial charge in [-0.2, -0.15) is 0 Å². The zero-order valence-electron chi connectivity index (χ0n) is 10.7. The molecule has 0 saturated carbocycles. The van der Waals surface area contributed by atoms with Gasteiger partial charge in [0.25, 0.3) is 0 Å². The molecule has 5 heteroatoms. The molecule has 0 spiro atoms. The number of hydrogen-bond acceptors (Lipinski definition) is 5. The molecular weight excluding hydrogens is 250 g/mol. The molecule has 100 valence electrons. The summed E-state index contributed by atoms with van der Waals surface area (Å²) in [5, 5.41) is 12.7. The molecule has 4 nitrogen and oxygen atoms in total. The lowest BCUT2D eigenvalue weighted by Crippen LogP contribution is -2.23. The quantitative estimate of drug-likeness (QED) is 0.586. The summed E-state index contributed by atoms with van der Waals surface area (Å²) in [6.07, 6.45) is 1.30. The maximum Gasteiger partial charge on any atom is 0.308 e. The maximum absolute atomic E-state index is 11.1. The minimum Gasteiger partial charge on any atom is -0.466 e. The van der Waals surface area contributed by atoms with Crippen molar-refractivity contribution in [2.24, 2.45) is 0 Å². The Hall–Kier alpha value is -1.20. The van der Waals surface area contributed by atoms with E-state index in [2.05, 4.69) is 5.32 Å². The van der Waals surface area contributed by atoms with Crippen molar-refractivity contribution < 1.29 is 14.6 Å². The highest BCUT2D eigenvalue weighted by atomic mass is 32.2. The van der Waals surface area contributed by atoms with Gasteiger partial charge in [0.15, 0.2) is 0 Å². The molecule has 0 aliphatic rings. The minimum absolute atomic E-state index is 0.0176. The van der Waals surface area contributed by atoms with Crippen molar-refractivity contribution in [3.05, 3.63) is 24.3 Å². The third-order valence-electron chi connectivity index (χ3n) is 2.34. The van der Waals surface area contributed by atoms with Gasteiger partial charge in [0, 0.05) is 17.1 Å². The van der Waals surface area contributed by atoms with E-state index in [1.165, 1.54) is 4.90 Å². The van der Waals surface area contributed by atoms with Gasteiger partial charge < -0.3 is 15.2 Å². The maximum atomic E-state index is 11.1. The van der Waals surface area contributed by atoms with Crippen molar-refractivity contribution in [3.8, 4) is 0 Å². The van der Waals surface area contributed by atoms with Crippen LogP contribution in [0.25, 0.3) is 0 Å². The van der Waals surface area contributed by atoms with Crippen LogP contribution in [-0.2, 0) is 9.53 Å². The number of aliphatic hydroxyl groups is 1. The Morgan fingerprint density at radius 2 is 2.11 bits per heavy atom. The van der Waals surface area contributed by atoms with Crippen LogP contribution in [0.15, 0.2) is 29.2 Å². The van der Waals surface area contributed by atoms with Gasteiger partial charge >= 0.3 is 5.97 Å². The number of esters is 1. The van der Waals surface area contributed by atoms with E-state index in [4.69, 9.17) is 4.74 Å². The smallest absolute Gasteiger partial charge is 0.308 e. The van der Waals surface area contributed by atoms with Crippen molar-refractivity contribution in [3.63, 3.8) is 0 Å². The average Bonchev–Trinajstić information content (AvgIpc) is 2.37. The topological polar surface area (TPSA) is 58.6 Å². The van der Waals surface area contributed by atoms with Gasteiger partial charge in [-0.1, -0.05) is 0 Å². The number of hydrogen-bond donors (Lipinski definition) is 2. The van der Waals surface area contributed by atoms with Crippen LogP contribution in [0, 0.1) is 0 Å². The Morgan fingerprint density at radius 1 is 1.44 bits per heavy atom. The second-order valence-corrected chi connectivity index (χ2v) is 4.65. The lowest BCUT2D eigenvalue weighted by atomic mass is 10.2. The van der Waals surface area contributed by atoms with E-state index in [1.54, 1.807) is 18.7 Å². The molecule has 0 fully saturated rings. The van der Waals surface area contributed by atoms with Crippen LogP contribution in [0.1, 0.15) is 13.3 Å². The van der Waals surface area contributed by atoms with Gasteiger partial charge in [-0.25, -0.2) is 0 Å². The summed E-state index contributed by atoms with van der Waals surface area (Å²) in [6.45, 7) is 2.42. The number of ether oxygens (including phenoxy) is 1. The Balaban J connectivity index is 2.32. The summed E-state index contributed by atoms with van der Waals surface area (Å²) in [4.78, 5) is 12.3. The number of rotatable bonds is 7.